The van der Waals surface area contributed by atoms with Crippen molar-refractivity contribution in [2.75, 3.05) is 25.0 Å². The molecule has 0 aromatic carbocycles. The van der Waals surface area contributed by atoms with Crippen molar-refractivity contribution in [1.29, 1.82) is 0 Å². The minimum atomic E-state index is 0.376. The van der Waals surface area contributed by atoms with Gasteiger partial charge < -0.3 is 10.2 Å². The van der Waals surface area contributed by atoms with Gasteiger partial charge in [0.2, 0.25) is 0 Å². The van der Waals surface area contributed by atoms with Crippen molar-refractivity contribution >= 4 is 5.69 Å². The molecule has 0 aliphatic heterocycles. The van der Waals surface area contributed by atoms with Crippen LogP contribution in [0, 0.1) is 5.92 Å². The van der Waals surface area contributed by atoms with E-state index < -0.39 is 0 Å². The number of nitrogens with one attached hydrogen (secondary N) is 1. The average molecular weight is 276 g/mol. The molecule has 1 aliphatic rings. The van der Waals surface area contributed by atoms with Crippen LogP contribution in [0.1, 0.15) is 57.5 Å². The lowest BCUT2D eigenvalue weighted by atomic mass is 9.85. The molecule has 1 aromatic heterocycles. The van der Waals surface area contributed by atoms with Crippen LogP contribution in [-0.2, 0) is 6.54 Å². The fraction of sp³-hybridized carbons (Fsp3) is 0.750. The van der Waals surface area contributed by atoms with Gasteiger partial charge in [0, 0.05) is 25.6 Å². The molecule has 0 amide bonds. The first-order valence-corrected chi connectivity index (χ1v) is 7.91. The monoisotopic (exact) mass is 276 g/mol. The third-order valence-corrected chi connectivity index (χ3v) is 4.15. The van der Waals surface area contributed by atoms with Crippen LogP contribution in [0.25, 0.3) is 0 Å². The van der Waals surface area contributed by atoms with E-state index in [-0.39, 0.29) is 0 Å². The molecule has 20 heavy (non-hydrogen) atoms. The number of nitrogens with zero attached hydrogens (tertiary/aromatic N) is 3. The summed E-state index contributed by atoms with van der Waals surface area (Å²) in [5.41, 5.74) is 2.34. The minimum absolute atomic E-state index is 0.376. The normalized spacial score (nSPS) is 15.4. The molecule has 0 atom stereocenters. The van der Waals surface area contributed by atoms with Crippen LogP contribution in [0.4, 0.5) is 5.69 Å². The Labute approximate surface area is 123 Å². The Hall–Kier alpha value is -1.16. The lowest BCUT2D eigenvalue weighted by Crippen LogP contribution is -2.34. The predicted octanol–water partition coefficient (Wildman–Crippen LogP) is 2.95. The number of hydrogen-bond donors (Lipinski definition) is 1. The first-order valence-electron chi connectivity index (χ1n) is 7.91. The van der Waals surface area contributed by atoms with E-state index >= 15 is 0 Å². The molecule has 0 bridgehead atoms. The Bertz CT molecular complexity index is 426. The van der Waals surface area contributed by atoms with Gasteiger partial charge in [0.15, 0.2) is 0 Å². The molecular weight excluding hydrogens is 248 g/mol. The number of hydrogen-bond acceptors (Lipinski definition) is 4. The van der Waals surface area contributed by atoms with E-state index in [1.165, 1.54) is 24.9 Å². The molecule has 0 spiro atoms. The second kappa shape index (κ2) is 7.02. The topological polar surface area (TPSA) is 41.1 Å². The molecule has 0 saturated heterocycles. The van der Waals surface area contributed by atoms with Gasteiger partial charge in [0.1, 0.15) is 5.82 Å². The summed E-state index contributed by atoms with van der Waals surface area (Å²) in [7, 11) is 1.98. The molecule has 1 N–H and O–H groups in total. The van der Waals surface area contributed by atoms with Crippen molar-refractivity contribution in [3.05, 3.63) is 17.7 Å². The van der Waals surface area contributed by atoms with Crippen LogP contribution in [0.15, 0.2) is 6.20 Å². The number of anilines is 1. The molecule has 1 heterocycles. The van der Waals surface area contributed by atoms with Gasteiger partial charge in [0.25, 0.3) is 0 Å². The Morgan fingerprint density at radius 2 is 2.15 bits per heavy atom. The summed E-state index contributed by atoms with van der Waals surface area (Å²) in [6, 6.07) is 0. The van der Waals surface area contributed by atoms with Crippen molar-refractivity contribution in [1.82, 2.24) is 15.3 Å². The van der Waals surface area contributed by atoms with E-state index in [0.29, 0.717) is 5.92 Å². The summed E-state index contributed by atoms with van der Waals surface area (Å²) >= 11 is 0. The van der Waals surface area contributed by atoms with Crippen molar-refractivity contribution in [3.8, 4) is 0 Å². The second-order valence-corrected chi connectivity index (χ2v) is 6.08. The van der Waals surface area contributed by atoms with Crippen molar-refractivity contribution in [3.63, 3.8) is 0 Å². The summed E-state index contributed by atoms with van der Waals surface area (Å²) in [5.74, 6) is 2.18. The molecule has 1 fully saturated rings. The Kier molecular flexibility index (Phi) is 5.35. The highest BCUT2D eigenvalue weighted by Gasteiger charge is 2.22. The maximum atomic E-state index is 4.77. The van der Waals surface area contributed by atoms with Gasteiger partial charge in [-0.2, -0.15) is 0 Å². The highest BCUT2D eigenvalue weighted by Crippen LogP contribution is 2.29. The van der Waals surface area contributed by atoms with Gasteiger partial charge in [-0.3, -0.25) is 0 Å². The van der Waals surface area contributed by atoms with Gasteiger partial charge in [-0.05, 0) is 32.7 Å². The van der Waals surface area contributed by atoms with E-state index in [9.17, 15) is 0 Å². The zero-order valence-corrected chi connectivity index (χ0v) is 13.3. The van der Waals surface area contributed by atoms with Crippen molar-refractivity contribution in [2.24, 2.45) is 5.92 Å². The Morgan fingerprint density at radius 3 is 2.65 bits per heavy atom. The number of aromatic nitrogens is 2. The summed E-state index contributed by atoms with van der Waals surface area (Å²) in [6.45, 7) is 9.49. The minimum Gasteiger partial charge on any atom is -0.369 e. The molecule has 112 valence electrons. The molecule has 2 rings (SSSR count). The molecule has 4 nitrogen and oxygen atoms in total. The maximum Gasteiger partial charge on any atom is 0.131 e. The molecule has 1 saturated carbocycles. The first-order chi connectivity index (χ1) is 9.65. The highest BCUT2D eigenvalue weighted by atomic mass is 15.2. The summed E-state index contributed by atoms with van der Waals surface area (Å²) in [4.78, 5) is 11.8. The van der Waals surface area contributed by atoms with Crippen LogP contribution >= 0.6 is 0 Å². The first kappa shape index (κ1) is 15.2. The Morgan fingerprint density at radius 1 is 1.40 bits per heavy atom. The molecular formula is C16H28N4. The largest absolute Gasteiger partial charge is 0.369 e. The smallest absolute Gasteiger partial charge is 0.131 e. The van der Waals surface area contributed by atoms with Crippen LogP contribution in [0.3, 0.4) is 0 Å². The average Bonchev–Trinajstić information content (AvgIpc) is 2.39. The summed E-state index contributed by atoms with van der Waals surface area (Å²) in [5, 5.41) is 3.23. The van der Waals surface area contributed by atoms with E-state index in [2.05, 4.69) is 36.0 Å². The van der Waals surface area contributed by atoms with E-state index in [0.717, 1.165) is 37.1 Å². The van der Waals surface area contributed by atoms with E-state index in [1.54, 1.807) is 0 Å². The third kappa shape index (κ3) is 3.48. The highest BCUT2D eigenvalue weighted by molar-refractivity contribution is 5.49. The molecule has 0 unspecified atom stereocenters. The van der Waals surface area contributed by atoms with E-state index in [1.807, 2.05) is 13.2 Å². The lowest BCUT2D eigenvalue weighted by Gasteiger charge is -2.33. The van der Waals surface area contributed by atoms with Gasteiger partial charge in [-0.1, -0.05) is 20.3 Å². The Balaban J connectivity index is 2.22. The quantitative estimate of drug-likeness (QED) is 0.831. The SMILES string of the molecule is CCN(CC1CCC1)c1cnc(C(C)C)nc1CNC. The summed E-state index contributed by atoms with van der Waals surface area (Å²) in [6.07, 6.45) is 6.18. The predicted molar refractivity (Wildman–Crippen MR) is 84.1 cm³/mol. The van der Waals surface area contributed by atoms with E-state index in [4.69, 9.17) is 4.98 Å². The summed E-state index contributed by atoms with van der Waals surface area (Å²) < 4.78 is 0. The van der Waals surface area contributed by atoms with Crippen LogP contribution in [0.5, 0.6) is 0 Å². The third-order valence-electron chi connectivity index (χ3n) is 4.15. The van der Waals surface area contributed by atoms with Crippen LogP contribution < -0.4 is 10.2 Å². The van der Waals surface area contributed by atoms with Gasteiger partial charge in [0.05, 0.1) is 17.6 Å². The zero-order valence-electron chi connectivity index (χ0n) is 13.3. The van der Waals surface area contributed by atoms with Crippen LogP contribution in [0.2, 0.25) is 0 Å². The van der Waals surface area contributed by atoms with Gasteiger partial charge in [-0.15, -0.1) is 0 Å². The molecule has 0 radical (unpaired) electrons. The second-order valence-electron chi connectivity index (χ2n) is 6.08. The van der Waals surface area contributed by atoms with Crippen molar-refractivity contribution in [2.45, 2.75) is 52.5 Å². The van der Waals surface area contributed by atoms with Gasteiger partial charge >= 0.3 is 0 Å². The molecule has 1 aromatic rings. The standard InChI is InChI=1S/C16H28N4/c1-5-20(11-13-7-6-8-13)15-10-18-16(12(2)3)19-14(15)9-17-4/h10,12-13,17H,5-9,11H2,1-4H3. The lowest BCUT2D eigenvalue weighted by molar-refractivity contribution is 0.318. The molecule has 1 aliphatic carbocycles. The number of rotatable bonds is 7. The molecule has 4 heteroatoms. The van der Waals surface area contributed by atoms with Crippen molar-refractivity contribution < 1.29 is 0 Å². The van der Waals surface area contributed by atoms with Crippen LogP contribution in [-0.4, -0.2) is 30.1 Å². The van der Waals surface area contributed by atoms with Gasteiger partial charge in [-0.25, -0.2) is 9.97 Å². The fourth-order valence-electron chi connectivity index (χ4n) is 2.65. The maximum absolute atomic E-state index is 4.77. The fourth-order valence-corrected chi connectivity index (χ4v) is 2.65. The zero-order chi connectivity index (χ0) is 14.5.